The van der Waals surface area contributed by atoms with Gasteiger partial charge < -0.3 is 25.2 Å². The van der Waals surface area contributed by atoms with Gasteiger partial charge in [0.25, 0.3) is 0 Å². The number of pyridine rings is 1. The van der Waals surface area contributed by atoms with Crippen molar-refractivity contribution >= 4 is 35.8 Å². The van der Waals surface area contributed by atoms with E-state index in [0.29, 0.717) is 6.54 Å². The van der Waals surface area contributed by atoms with Crippen LogP contribution in [-0.2, 0) is 6.54 Å². The Balaban J connectivity index is 0.00000306. The third kappa shape index (κ3) is 6.72. The van der Waals surface area contributed by atoms with Crippen LogP contribution in [0, 0.1) is 0 Å². The van der Waals surface area contributed by atoms with Crippen molar-refractivity contribution < 1.29 is 4.74 Å². The quantitative estimate of drug-likeness (QED) is 0.327. The highest BCUT2D eigenvalue weighted by Crippen LogP contribution is 2.39. The van der Waals surface area contributed by atoms with Crippen LogP contribution >= 0.6 is 24.0 Å². The van der Waals surface area contributed by atoms with Gasteiger partial charge in [0, 0.05) is 50.9 Å². The molecule has 1 aromatic heterocycles. The van der Waals surface area contributed by atoms with Gasteiger partial charge in [0.2, 0.25) is 0 Å². The molecule has 2 aromatic rings. The van der Waals surface area contributed by atoms with Gasteiger partial charge in [-0.2, -0.15) is 0 Å². The van der Waals surface area contributed by atoms with Crippen LogP contribution in [-0.4, -0.2) is 61.2 Å². The van der Waals surface area contributed by atoms with Gasteiger partial charge in [0.05, 0.1) is 12.6 Å². The smallest absolute Gasteiger partial charge is 0.192 e. The van der Waals surface area contributed by atoms with Crippen LogP contribution in [0.3, 0.4) is 0 Å². The number of fused-ring (bicyclic) bond motifs is 1. The molecule has 0 bridgehead atoms. The summed E-state index contributed by atoms with van der Waals surface area (Å²) in [5.74, 6) is 2.81. The largest absolute Gasteiger partial charge is 0.487 e. The first kappa shape index (κ1) is 25.6. The molecule has 2 N–H and O–H groups in total. The van der Waals surface area contributed by atoms with Crippen molar-refractivity contribution in [2.45, 2.75) is 45.4 Å². The van der Waals surface area contributed by atoms with Gasteiger partial charge in [-0.05, 0) is 51.6 Å². The number of rotatable bonds is 5. The van der Waals surface area contributed by atoms with Crippen LogP contribution in [0.4, 0.5) is 5.82 Å². The molecular formula is C25H37IN6O. The maximum absolute atomic E-state index is 6.18. The zero-order valence-electron chi connectivity index (χ0n) is 20.2. The number of benzene rings is 1. The Bertz CT molecular complexity index is 942. The second-order valence-electron chi connectivity index (χ2n) is 9.31. The fourth-order valence-electron chi connectivity index (χ4n) is 4.35. The Labute approximate surface area is 215 Å². The number of hydrogen-bond donors (Lipinski definition) is 2. The van der Waals surface area contributed by atoms with Gasteiger partial charge in [0.15, 0.2) is 5.96 Å². The molecule has 1 unspecified atom stereocenters. The van der Waals surface area contributed by atoms with Crippen molar-refractivity contribution in [3.8, 4) is 5.75 Å². The minimum Gasteiger partial charge on any atom is -0.487 e. The molecule has 0 aliphatic carbocycles. The van der Waals surface area contributed by atoms with E-state index in [1.54, 1.807) is 0 Å². The first-order chi connectivity index (χ1) is 15.4. The number of nitrogens with zero attached hydrogens (tertiary/aromatic N) is 4. The normalized spacial score (nSPS) is 20.3. The summed E-state index contributed by atoms with van der Waals surface area (Å²) in [6.45, 7) is 11.9. The van der Waals surface area contributed by atoms with Crippen molar-refractivity contribution in [2.24, 2.45) is 4.99 Å². The Morgan fingerprint density at radius 3 is 2.70 bits per heavy atom. The lowest BCUT2D eigenvalue weighted by Gasteiger charge is -2.38. The molecule has 2 aliphatic heterocycles. The number of aliphatic imine (C=N–C) groups is 1. The standard InChI is InChI=1S/C25H36N6O.HI/c1-5-26-24(29-21-17-25(2,3)32-22-9-7-6-8-20(21)22)28-18-19-10-11-27-23(16-19)31-14-12-30(4)13-15-31;/h6-11,16,21H,5,12-15,17-18H2,1-4H3,(H2,26,28,29);1H. The highest BCUT2D eigenvalue weighted by molar-refractivity contribution is 14.0. The Morgan fingerprint density at radius 2 is 1.94 bits per heavy atom. The van der Waals surface area contributed by atoms with E-state index < -0.39 is 0 Å². The lowest BCUT2D eigenvalue weighted by molar-refractivity contribution is 0.0694. The molecule has 0 amide bonds. The zero-order valence-corrected chi connectivity index (χ0v) is 22.5. The Kier molecular flexibility index (Phi) is 8.81. The van der Waals surface area contributed by atoms with Gasteiger partial charge in [-0.1, -0.05) is 18.2 Å². The summed E-state index contributed by atoms with van der Waals surface area (Å²) in [7, 11) is 2.17. The van der Waals surface area contributed by atoms with E-state index in [9.17, 15) is 0 Å². The van der Waals surface area contributed by atoms with E-state index >= 15 is 0 Å². The first-order valence-electron chi connectivity index (χ1n) is 11.6. The molecule has 0 spiro atoms. The highest BCUT2D eigenvalue weighted by Gasteiger charge is 2.34. The molecule has 1 aromatic carbocycles. The SMILES string of the molecule is CCNC(=NCc1ccnc(N2CCN(C)CC2)c1)NC1CC(C)(C)Oc2ccccc21.I. The molecule has 0 saturated carbocycles. The van der Waals surface area contributed by atoms with Crippen LogP contribution in [0.25, 0.3) is 0 Å². The molecule has 33 heavy (non-hydrogen) atoms. The lowest BCUT2D eigenvalue weighted by atomic mass is 9.90. The van der Waals surface area contributed by atoms with Gasteiger partial charge in [-0.25, -0.2) is 9.98 Å². The average molecular weight is 565 g/mol. The van der Waals surface area contributed by atoms with Crippen LogP contribution in [0.15, 0.2) is 47.6 Å². The second-order valence-corrected chi connectivity index (χ2v) is 9.31. The molecule has 3 heterocycles. The maximum Gasteiger partial charge on any atom is 0.192 e. The molecular weight excluding hydrogens is 527 g/mol. The zero-order chi connectivity index (χ0) is 22.6. The van der Waals surface area contributed by atoms with E-state index in [0.717, 1.165) is 56.7 Å². The van der Waals surface area contributed by atoms with Crippen molar-refractivity contribution in [1.29, 1.82) is 0 Å². The van der Waals surface area contributed by atoms with E-state index in [-0.39, 0.29) is 35.6 Å². The topological polar surface area (TPSA) is 65.0 Å². The summed E-state index contributed by atoms with van der Waals surface area (Å²) in [5.41, 5.74) is 2.11. The summed E-state index contributed by atoms with van der Waals surface area (Å²) in [5, 5.41) is 7.06. The minimum atomic E-state index is -0.230. The molecule has 2 aliphatic rings. The maximum atomic E-state index is 6.18. The number of likely N-dealkylation sites (N-methyl/N-ethyl adjacent to an activating group) is 1. The van der Waals surface area contributed by atoms with Crippen LogP contribution in [0.5, 0.6) is 5.75 Å². The summed E-state index contributed by atoms with van der Waals surface area (Å²) in [6, 6.07) is 12.6. The highest BCUT2D eigenvalue weighted by atomic mass is 127. The second kappa shape index (κ2) is 11.4. The molecule has 1 atom stereocenters. The van der Waals surface area contributed by atoms with Crippen LogP contribution in [0.1, 0.15) is 44.4 Å². The third-order valence-electron chi connectivity index (χ3n) is 6.09. The predicted octanol–water partition coefficient (Wildman–Crippen LogP) is 3.81. The van der Waals surface area contributed by atoms with Gasteiger partial charge in [0.1, 0.15) is 17.2 Å². The van der Waals surface area contributed by atoms with Crippen molar-refractivity contribution in [1.82, 2.24) is 20.5 Å². The summed E-state index contributed by atoms with van der Waals surface area (Å²) in [6.07, 6.45) is 2.77. The Morgan fingerprint density at radius 1 is 1.18 bits per heavy atom. The van der Waals surface area contributed by atoms with Gasteiger partial charge in [-0.3, -0.25) is 0 Å². The van der Waals surface area contributed by atoms with Crippen molar-refractivity contribution in [3.63, 3.8) is 0 Å². The molecule has 0 radical (unpaired) electrons. The number of piperazine rings is 1. The van der Waals surface area contributed by atoms with Crippen LogP contribution < -0.4 is 20.3 Å². The fraction of sp³-hybridized carbons (Fsp3) is 0.520. The van der Waals surface area contributed by atoms with E-state index in [1.165, 1.54) is 11.1 Å². The lowest BCUT2D eigenvalue weighted by Crippen LogP contribution is -2.45. The number of nitrogens with one attached hydrogen (secondary N) is 2. The number of ether oxygens (including phenoxy) is 1. The monoisotopic (exact) mass is 564 g/mol. The minimum absolute atomic E-state index is 0. The molecule has 7 nitrogen and oxygen atoms in total. The van der Waals surface area contributed by atoms with Crippen molar-refractivity contribution in [3.05, 3.63) is 53.7 Å². The molecule has 1 saturated heterocycles. The van der Waals surface area contributed by atoms with Crippen molar-refractivity contribution in [2.75, 3.05) is 44.7 Å². The number of guanidine groups is 1. The summed E-state index contributed by atoms with van der Waals surface area (Å²) >= 11 is 0. The number of anilines is 1. The van der Waals surface area contributed by atoms with E-state index in [1.807, 2.05) is 18.3 Å². The average Bonchev–Trinajstić information content (AvgIpc) is 2.77. The summed E-state index contributed by atoms with van der Waals surface area (Å²) in [4.78, 5) is 14.2. The van der Waals surface area contributed by atoms with E-state index in [4.69, 9.17) is 9.73 Å². The third-order valence-corrected chi connectivity index (χ3v) is 6.09. The first-order valence-corrected chi connectivity index (χ1v) is 11.6. The number of aromatic nitrogens is 1. The van der Waals surface area contributed by atoms with E-state index in [2.05, 4.69) is 77.5 Å². The number of halogens is 1. The number of hydrogen-bond acceptors (Lipinski definition) is 5. The molecule has 1 fully saturated rings. The summed E-state index contributed by atoms with van der Waals surface area (Å²) < 4.78 is 6.18. The number of para-hydroxylation sites is 1. The van der Waals surface area contributed by atoms with Crippen LogP contribution in [0.2, 0.25) is 0 Å². The Hall–Kier alpha value is -2.07. The molecule has 8 heteroatoms. The van der Waals surface area contributed by atoms with Gasteiger partial charge >= 0.3 is 0 Å². The fourth-order valence-corrected chi connectivity index (χ4v) is 4.35. The molecule has 4 rings (SSSR count). The van der Waals surface area contributed by atoms with Gasteiger partial charge in [-0.15, -0.1) is 24.0 Å². The molecule has 180 valence electrons. The predicted molar refractivity (Wildman–Crippen MR) is 146 cm³/mol.